The van der Waals surface area contributed by atoms with Crippen molar-refractivity contribution in [2.24, 2.45) is 0 Å². The van der Waals surface area contributed by atoms with Crippen LogP contribution in [0.3, 0.4) is 0 Å². The summed E-state index contributed by atoms with van der Waals surface area (Å²) in [7, 11) is 1.71. The van der Waals surface area contributed by atoms with Crippen LogP contribution in [0.25, 0.3) is 0 Å². The van der Waals surface area contributed by atoms with Crippen molar-refractivity contribution in [2.45, 2.75) is 25.4 Å². The minimum Gasteiger partial charge on any atom is -0.464 e. The summed E-state index contributed by atoms with van der Waals surface area (Å²) in [5, 5.41) is 0. The van der Waals surface area contributed by atoms with Crippen LogP contribution in [-0.4, -0.2) is 54.0 Å². The molecule has 0 aromatic heterocycles. The molecular formula is C22H26N2O3. The molecule has 5 heteroatoms. The summed E-state index contributed by atoms with van der Waals surface area (Å²) in [5.41, 5.74) is 0.803. The second-order valence-electron chi connectivity index (χ2n) is 6.93. The highest BCUT2D eigenvalue weighted by molar-refractivity contribution is 5.98. The van der Waals surface area contributed by atoms with E-state index in [1.807, 2.05) is 36.4 Å². The van der Waals surface area contributed by atoms with Gasteiger partial charge in [0.25, 0.3) is 5.91 Å². The van der Waals surface area contributed by atoms with Gasteiger partial charge in [-0.05, 0) is 31.0 Å². The first kappa shape index (κ1) is 19.1. The zero-order valence-electron chi connectivity index (χ0n) is 15.9. The maximum Gasteiger partial charge on any atom is 0.333 e. The summed E-state index contributed by atoms with van der Waals surface area (Å²) in [6.45, 7) is 4.04. The second-order valence-corrected chi connectivity index (χ2v) is 6.93. The molecule has 1 atom stereocenters. The number of benzene rings is 2. The SMILES string of the molecule is CCOC(=O)[C@]1(N(C)C(=O)c2ccccc2)CCN(Cc2ccccc2)C1. The summed E-state index contributed by atoms with van der Waals surface area (Å²) in [4.78, 5) is 29.7. The van der Waals surface area contributed by atoms with E-state index >= 15 is 0 Å². The molecule has 0 unspecified atom stereocenters. The Labute approximate surface area is 160 Å². The molecule has 2 aromatic carbocycles. The topological polar surface area (TPSA) is 49.9 Å². The largest absolute Gasteiger partial charge is 0.464 e. The minimum absolute atomic E-state index is 0.162. The van der Waals surface area contributed by atoms with Crippen LogP contribution in [0.1, 0.15) is 29.3 Å². The summed E-state index contributed by atoms with van der Waals surface area (Å²) in [5.74, 6) is -0.488. The Bertz CT molecular complexity index is 779. The van der Waals surface area contributed by atoms with Crippen LogP contribution >= 0.6 is 0 Å². The number of esters is 1. The Hall–Kier alpha value is -2.66. The van der Waals surface area contributed by atoms with Crippen molar-refractivity contribution >= 4 is 11.9 Å². The number of hydrogen-bond donors (Lipinski definition) is 0. The van der Waals surface area contributed by atoms with E-state index in [0.29, 0.717) is 25.1 Å². The smallest absolute Gasteiger partial charge is 0.333 e. The van der Waals surface area contributed by atoms with Crippen molar-refractivity contribution in [3.63, 3.8) is 0 Å². The van der Waals surface area contributed by atoms with Crippen molar-refractivity contribution in [1.82, 2.24) is 9.80 Å². The average molecular weight is 366 g/mol. The van der Waals surface area contributed by atoms with Crippen LogP contribution < -0.4 is 0 Å². The van der Waals surface area contributed by atoms with E-state index in [1.54, 1.807) is 31.0 Å². The number of amides is 1. The molecule has 27 heavy (non-hydrogen) atoms. The molecule has 0 saturated carbocycles. The van der Waals surface area contributed by atoms with Crippen LogP contribution in [0.4, 0.5) is 0 Å². The third-order valence-corrected chi connectivity index (χ3v) is 5.20. The predicted molar refractivity (Wildman–Crippen MR) is 104 cm³/mol. The van der Waals surface area contributed by atoms with Gasteiger partial charge in [0.05, 0.1) is 6.61 Å². The van der Waals surface area contributed by atoms with Gasteiger partial charge in [0.2, 0.25) is 0 Å². The number of hydrogen-bond acceptors (Lipinski definition) is 4. The molecular weight excluding hydrogens is 340 g/mol. The third kappa shape index (κ3) is 4.03. The number of rotatable bonds is 6. The Morgan fingerprint density at radius 3 is 2.33 bits per heavy atom. The highest BCUT2D eigenvalue weighted by Gasteiger charge is 2.51. The highest BCUT2D eigenvalue weighted by atomic mass is 16.5. The summed E-state index contributed by atoms with van der Waals surface area (Å²) >= 11 is 0. The summed E-state index contributed by atoms with van der Waals surface area (Å²) in [6, 6.07) is 19.2. The van der Waals surface area contributed by atoms with Crippen molar-refractivity contribution in [1.29, 1.82) is 0 Å². The van der Waals surface area contributed by atoms with Crippen LogP contribution in [0.15, 0.2) is 60.7 Å². The van der Waals surface area contributed by atoms with Crippen LogP contribution in [0, 0.1) is 0 Å². The molecule has 1 aliphatic rings. The normalized spacial score (nSPS) is 19.6. The average Bonchev–Trinajstić information content (AvgIpc) is 3.13. The van der Waals surface area contributed by atoms with Gasteiger partial charge in [-0.3, -0.25) is 9.69 Å². The Kier molecular flexibility index (Phi) is 5.91. The molecule has 0 N–H and O–H groups in total. The van der Waals surface area contributed by atoms with Crippen molar-refractivity contribution in [2.75, 3.05) is 26.7 Å². The number of likely N-dealkylation sites (tertiary alicyclic amines) is 1. The summed E-state index contributed by atoms with van der Waals surface area (Å²) in [6.07, 6.45) is 0.563. The molecule has 2 aromatic rings. The number of carbonyl (C=O) groups is 2. The van der Waals surface area contributed by atoms with Gasteiger partial charge in [-0.1, -0.05) is 48.5 Å². The van der Waals surface area contributed by atoms with E-state index in [-0.39, 0.29) is 11.9 Å². The first-order chi connectivity index (χ1) is 13.1. The number of carbonyl (C=O) groups excluding carboxylic acids is 2. The molecule has 1 amide bonds. The Morgan fingerprint density at radius 2 is 1.70 bits per heavy atom. The molecule has 1 heterocycles. The minimum atomic E-state index is -0.961. The molecule has 1 saturated heterocycles. The fourth-order valence-electron chi connectivity index (χ4n) is 3.66. The fraction of sp³-hybridized carbons (Fsp3) is 0.364. The van der Waals surface area contributed by atoms with E-state index < -0.39 is 5.54 Å². The first-order valence-corrected chi connectivity index (χ1v) is 9.33. The van der Waals surface area contributed by atoms with Crippen molar-refractivity contribution in [3.8, 4) is 0 Å². The highest BCUT2D eigenvalue weighted by Crippen LogP contribution is 2.31. The molecule has 5 nitrogen and oxygen atoms in total. The Balaban J connectivity index is 1.83. The number of likely N-dealkylation sites (N-methyl/N-ethyl adjacent to an activating group) is 1. The predicted octanol–water partition coefficient (Wildman–Crippen LogP) is 2.97. The molecule has 142 valence electrons. The Morgan fingerprint density at radius 1 is 1.07 bits per heavy atom. The monoisotopic (exact) mass is 366 g/mol. The van der Waals surface area contributed by atoms with Gasteiger partial charge in [-0.2, -0.15) is 0 Å². The van der Waals surface area contributed by atoms with Gasteiger partial charge < -0.3 is 9.64 Å². The van der Waals surface area contributed by atoms with E-state index in [9.17, 15) is 9.59 Å². The maximum atomic E-state index is 13.0. The van der Waals surface area contributed by atoms with Gasteiger partial charge in [0.1, 0.15) is 0 Å². The van der Waals surface area contributed by atoms with Gasteiger partial charge >= 0.3 is 5.97 Å². The molecule has 1 fully saturated rings. The van der Waals surface area contributed by atoms with E-state index in [0.717, 1.165) is 13.1 Å². The lowest BCUT2D eigenvalue weighted by Gasteiger charge is -2.36. The zero-order chi connectivity index (χ0) is 19.3. The van der Waals surface area contributed by atoms with Gasteiger partial charge in [-0.25, -0.2) is 4.79 Å². The molecule has 0 radical (unpaired) electrons. The van der Waals surface area contributed by atoms with Gasteiger partial charge in [0.15, 0.2) is 5.54 Å². The van der Waals surface area contributed by atoms with E-state index in [4.69, 9.17) is 4.74 Å². The van der Waals surface area contributed by atoms with Crippen LogP contribution in [0.5, 0.6) is 0 Å². The van der Waals surface area contributed by atoms with Crippen LogP contribution in [0.2, 0.25) is 0 Å². The van der Waals surface area contributed by atoms with Crippen LogP contribution in [-0.2, 0) is 16.1 Å². The number of ether oxygens (including phenoxy) is 1. The number of nitrogens with zero attached hydrogens (tertiary/aromatic N) is 2. The quantitative estimate of drug-likeness (QED) is 0.738. The molecule has 0 aliphatic carbocycles. The van der Waals surface area contributed by atoms with Crippen molar-refractivity contribution < 1.29 is 14.3 Å². The standard InChI is InChI=1S/C22H26N2O3/c1-3-27-21(26)22(23(2)20(25)19-12-8-5-9-13-19)14-15-24(17-22)16-18-10-6-4-7-11-18/h4-13H,3,14-17H2,1-2H3/t22-/m0/s1. The fourth-order valence-corrected chi connectivity index (χ4v) is 3.66. The van der Waals surface area contributed by atoms with E-state index in [1.165, 1.54) is 5.56 Å². The zero-order valence-corrected chi connectivity index (χ0v) is 15.9. The molecule has 0 spiro atoms. The second kappa shape index (κ2) is 8.35. The first-order valence-electron chi connectivity index (χ1n) is 9.33. The van der Waals surface area contributed by atoms with Crippen molar-refractivity contribution in [3.05, 3.63) is 71.8 Å². The molecule has 1 aliphatic heterocycles. The lowest BCUT2D eigenvalue weighted by Crippen LogP contribution is -2.57. The molecule has 3 rings (SSSR count). The lowest BCUT2D eigenvalue weighted by atomic mass is 9.95. The van der Waals surface area contributed by atoms with Gasteiger partial charge in [-0.15, -0.1) is 0 Å². The molecule has 0 bridgehead atoms. The maximum absolute atomic E-state index is 13.0. The summed E-state index contributed by atoms with van der Waals surface area (Å²) < 4.78 is 5.38. The van der Waals surface area contributed by atoms with Gasteiger partial charge in [0, 0.05) is 32.2 Å². The third-order valence-electron chi connectivity index (χ3n) is 5.20. The van der Waals surface area contributed by atoms with E-state index in [2.05, 4.69) is 17.0 Å². The lowest BCUT2D eigenvalue weighted by molar-refractivity contribution is -0.155.